The van der Waals surface area contributed by atoms with Crippen LogP contribution in [0, 0.1) is 89.7 Å². The number of Topliss-reactive ketones (excluding diaryl/α,β-unsaturated/α-hetero) is 2. The first-order valence-corrected chi connectivity index (χ1v) is 34.5. The Morgan fingerprint density at radius 1 is 0.514 bits per heavy atom. The molecule has 8 aliphatic carbocycles. The van der Waals surface area contributed by atoms with E-state index in [9.17, 15) is 14.7 Å². The molecule has 8 saturated carbocycles. The van der Waals surface area contributed by atoms with Gasteiger partial charge in [-0.3, -0.25) is 9.59 Å². The van der Waals surface area contributed by atoms with Gasteiger partial charge < -0.3 is 19.0 Å². The van der Waals surface area contributed by atoms with Gasteiger partial charge in [0.15, 0.2) is 8.32 Å². The van der Waals surface area contributed by atoms with Crippen molar-refractivity contribution in [1.29, 1.82) is 0 Å². The van der Waals surface area contributed by atoms with Gasteiger partial charge in [0, 0.05) is 45.3 Å². The van der Waals surface area contributed by atoms with Crippen LogP contribution in [0.5, 0.6) is 0 Å². The lowest BCUT2D eigenvalue weighted by molar-refractivity contribution is -0.158. The topological polar surface area (TPSA) is 88.7 Å². The molecule has 2 heterocycles. The number of aliphatic hydroxyl groups is 1. The van der Waals surface area contributed by atoms with E-state index >= 15 is 0 Å². The van der Waals surface area contributed by atoms with Crippen molar-refractivity contribution < 1.29 is 28.6 Å². The summed E-state index contributed by atoms with van der Waals surface area (Å²) in [6.45, 7) is 52.2. The Kier molecular flexibility index (Phi) is 13.7. The molecule has 8 unspecified atom stereocenters. The van der Waals surface area contributed by atoms with E-state index in [1.54, 1.807) is 0 Å². The molecular formula is C67H116O6Si. The summed E-state index contributed by atoms with van der Waals surface area (Å²) in [5.41, 5.74) is 1.85. The van der Waals surface area contributed by atoms with E-state index in [0.29, 0.717) is 64.1 Å². The van der Waals surface area contributed by atoms with Gasteiger partial charge in [-0.05, 0) is 191 Å². The summed E-state index contributed by atoms with van der Waals surface area (Å²) in [5, 5.41) is 10.9. The van der Waals surface area contributed by atoms with Crippen molar-refractivity contribution in [2.24, 2.45) is 89.7 Å². The largest absolute Gasteiger partial charge is 0.414 e. The maximum atomic E-state index is 12.8. The molecule has 0 aromatic carbocycles. The lowest BCUT2D eigenvalue weighted by Gasteiger charge is -2.64. The van der Waals surface area contributed by atoms with Crippen molar-refractivity contribution in [1.82, 2.24) is 0 Å². The summed E-state index contributed by atoms with van der Waals surface area (Å²) >= 11 is 0. The molecule has 18 atom stereocenters. The van der Waals surface area contributed by atoms with Gasteiger partial charge in [0.05, 0.1) is 12.2 Å². The molecule has 2 saturated heterocycles. The number of carbonyl (C=O) groups is 2. The number of hydrogen-bond donors (Lipinski definition) is 1. The number of hydrogen-bond acceptors (Lipinski definition) is 6. The standard InChI is InChI=1S/C36H64O3Si.C31H52O3/c1-24(2)40(12,13)38-29-18-19-33(10)27(31(29,7)8)17-21-36-34(11)20-16-26(25(3)14-15-28(37)30(4,5)6)32(34,9)22-23-35(33,36)39-36;1-20(10-11-23(32)25(2,3)4)21-12-16-29(9)27(21,7)18-19-30-28(8)15-14-24(33)26(5,6)22(28)13-17-31(29,30)34-30/h24-27,29H,14-23H2,1-13H3;20-22,24,33H,10-19H2,1-9H3/t25?,26?,27-,29-,32+,33-,34+,35?,36?;20?,21?,22-,24-,27+,28-,29+,30?,31?/m00/s1. The zero-order valence-electron chi connectivity index (χ0n) is 52.3. The molecule has 0 bridgehead atoms. The van der Waals surface area contributed by atoms with Crippen LogP contribution in [0.1, 0.15) is 267 Å². The van der Waals surface area contributed by atoms with E-state index in [0.717, 1.165) is 38.5 Å². The quantitative estimate of drug-likeness (QED) is 0.164. The fourth-order valence-corrected chi connectivity index (χ4v) is 23.9. The third-order valence-electron chi connectivity index (χ3n) is 28.6. The predicted octanol–water partition coefficient (Wildman–Crippen LogP) is 17.3. The van der Waals surface area contributed by atoms with Gasteiger partial charge in [0.2, 0.25) is 0 Å². The van der Waals surface area contributed by atoms with E-state index in [2.05, 4.69) is 152 Å². The Labute approximate surface area is 456 Å². The first kappa shape index (κ1) is 58.1. The highest BCUT2D eigenvalue weighted by Crippen LogP contribution is 2.88. The van der Waals surface area contributed by atoms with Crippen molar-refractivity contribution in [3.05, 3.63) is 0 Å². The Hall–Kier alpha value is -0.603. The van der Waals surface area contributed by atoms with Crippen molar-refractivity contribution in [2.75, 3.05) is 0 Å². The van der Waals surface area contributed by atoms with E-state index in [1.165, 1.54) is 89.9 Å². The summed E-state index contributed by atoms with van der Waals surface area (Å²) in [4.78, 5) is 25.4. The van der Waals surface area contributed by atoms with Gasteiger partial charge in [-0.25, -0.2) is 0 Å². The van der Waals surface area contributed by atoms with Gasteiger partial charge >= 0.3 is 0 Å². The predicted molar refractivity (Wildman–Crippen MR) is 306 cm³/mol. The monoisotopic (exact) mass is 1040 g/mol. The summed E-state index contributed by atoms with van der Waals surface area (Å²) in [6.07, 6.45) is 23.1. The minimum atomic E-state index is -1.72. The second-order valence-corrected chi connectivity index (χ2v) is 38.9. The number of fused-ring (bicyclic) bond motifs is 4. The zero-order chi connectivity index (χ0) is 55.1. The fraction of sp³-hybridized carbons (Fsp3) is 0.970. The number of carbonyl (C=O) groups excluding carboxylic acids is 2. The molecule has 0 radical (unpaired) electrons. The Morgan fingerprint density at radius 2 is 0.905 bits per heavy atom. The Morgan fingerprint density at radius 3 is 1.30 bits per heavy atom. The van der Waals surface area contributed by atoms with E-state index < -0.39 is 8.32 Å². The van der Waals surface area contributed by atoms with Crippen LogP contribution in [0.15, 0.2) is 0 Å². The van der Waals surface area contributed by atoms with Crippen LogP contribution >= 0.6 is 0 Å². The fourth-order valence-electron chi connectivity index (χ4n) is 22.5. The van der Waals surface area contributed by atoms with E-state index in [1.807, 2.05) is 0 Å². The zero-order valence-corrected chi connectivity index (χ0v) is 53.3. The maximum absolute atomic E-state index is 12.8. The summed E-state index contributed by atoms with van der Waals surface area (Å²) in [7, 11) is -1.72. The number of aliphatic hydroxyl groups excluding tert-OH is 1. The van der Waals surface area contributed by atoms with Gasteiger partial charge in [-0.1, -0.05) is 138 Å². The first-order chi connectivity index (χ1) is 33.7. The van der Waals surface area contributed by atoms with Gasteiger partial charge in [-0.2, -0.15) is 0 Å². The van der Waals surface area contributed by atoms with Crippen LogP contribution < -0.4 is 0 Å². The van der Waals surface area contributed by atoms with Crippen molar-refractivity contribution >= 4 is 19.9 Å². The van der Waals surface area contributed by atoms with E-state index in [4.69, 9.17) is 13.9 Å². The summed E-state index contributed by atoms with van der Waals surface area (Å²) in [6, 6.07) is 0. The molecule has 10 aliphatic rings. The highest BCUT2D eigenvalue weighted by molar-refractivity contribution is 6.72. The number of ketones is 2. The summed E-state index contributed by atoms with van der Waals surface area (Å²) < 4.78 is 21.8. The molecule has 424 valence electrons. The maximum Gasteiger partial charge on any atom is 0.189 e. The molecule has 74 heavy (non-hydrogen) atoms. The molecule has 0 amide bonds. The summed E-state index contributed by atoms with van der Waals surface area (Å²) in [5.74, 6) is 4.55. The van der Waals surface area contributed by atoms with Crippen LogP contribution in [-0.2, 0) is 23.5 Å². The normalized spacial score (nSPS) is 49.2. The van der Waals surface area contributed by atoms with Crippen LogP contribution in [0.2, 0.25) is 18.6 Å². The number of ether oxygens (including phenoxy) is 2. The smallest absolute Gasteiger partial charge is 0.189 e. The van der Waals surface area contributed by atoms with Crippen LogP contribution in [0.4, 0.5) is 0 Å². The van der Waals surface area contributed by atoms with Crippen molar-refractivity contribution in [3.63, 3.8) is 0 Å². The molecule has 6 nitrogen and oxygen atoms in total. The molecule has 7 heteroatoms. The average Bonchev–Trinajstić information content (AvgIpc) is 4.14. The second-order valence-electron chi connectivity index (χ2n) is 34.3. The van der Waals surface area contributed by atoms with E-state index in [-0.39, 0.29) is 77.2 Å². The average molecular weight is 1050 g/mol. The van der Waals surface area contributed by atoms with Crippen LogP contribution in [-0.4, -0.2) is 59.6 Å². The third kappa shape index (κ3) is 7.42. The van der Waals surface area contributed by atoms with Gasteiger partial charge in [-0.15, -0.1) is 0 Å². The molecule has 10 fully saturated rings. The van der Waals surface area contributed by atoms with Crippen molar-refractivity contribution in [3.8, 4) is 0 Å². The van der Waals surface area contributed by atoms with Gasteiger partial charge in [0.1, 0.15) is 34.0 Å². The van der Waals surface area contributed by atoms with Crippen LogP contribution in [0.25, 0.3) is 0 Å². The highest BCUT2D eigenvalue weighted by atomic mass is 28.4. The van der Waals surface area contributed by atoms with Crippen molar-refractivity contribution in [2.45, 2.75) is 320 Å². The van der Waals surface area contributed by atoms with Gasteiger partial charge in [0.25, 0.3) is 0 Å². The third-order valence-corrected chi connectivity index (χ3v) is 32.3. The number of rotatable bonds is 11. The first-order valence-electron chi connectivity index (χ1n) is 31.5. The molecular weight excluding hydrogens is 929 g/mol. The highest BCUT2D eigenvalue weighted by Gasteiger charge is 2.92. The molecule has 2 aliphatic heterocycles. The molecule has 0 spiro atoms. The minimum absolute atomic E-state index is 0.00884. The molecule has 0 aromatic rings. The molecule has 1 N–H and O–H groups in total. The minimum Gasteiger partial charge on any atom is -0.414 e. The Balaban J connectivity index is 0.000000184. The lowest BCUT2D eigenvalue weighted by Crippen LogP contribution is -2.67. The number of epoxide rings is 2. The van der Waals surface area contributed by atoms with Crippen LogP contribution in [0.3, 0.4) is 0 Å². The Bertz CT molecular complexity index is 2200. The SMILES string of the molecule is CC(CCC(=O)C(C)(C)C)C1CC[C@@]2(C)C34CC[C@H]5C(C)(C)[C@@H](O)CC[C@]5(C)C3(CC[C@]12C)O4.CC(CCC(=O)C(C)(C)C)C1CC[C@@]2(C)C34CC[C@H]5C(C)(C)[C@@H](O[Si](C)(C)C(C)C)CC[C@]5(C)C3(CC[C@]12C)O4. The molecule has 0 aromatic heterocycles. The second kappa shape index (κ2) is 17.5. The lowest BCUT2D eigenvalue weighted by atomic mass is 9.38. The molecule has 10 rings (SSSR count).